The number of rotatable bonds is 3. The largest absolute Gasteiger partial charge is 0.481 e. The van der Waals surface area contributed by atoms with E-state index in [2.05, 4.69) is 15.0 Å². The number of hydrogen-bond acceptors (Lipinski definition) is 6. The van der Waals surface area contributed by atoms with Crippen LogP contribution in [0.2, 0.25) is 0 Å². The third-order valence-corrected chi connectivity index (χ3v) is 6.08. The summed E-state index contributed by atoms with van der Waals surface area (Å²) in [7, 11) is 2.97. The number of amides is 1. The highest BCUT2D eigenvalue weighted by atomic mass is 16.5. The number of imidazole rings is 1. The van der Waals surface area contributed by atoms with Gasteiger partial charge in [0.15, 0.2) is 0 Å². The Morgan fingerprint density at radius 2 is 1.84 bits per heavy atom. The number of nitrogens with one attached hydrogen (secondary N) is 1. The molecular weight excluding hydrogens is 410 g/mol. The maximum atomic E-state index is 12.9. The summed E-state index contributed by atoms with van der Waals surface area (Å²) >= 11 is 0. The smallest absolute Gasteiger partial charge is 0.409 e. The number of likely N-dealkylation sites (tertiary alicyclic amines) is 1. The quantitative estimate of drug-likeness (QED) is 0.532. The van der Waals surface area contributed by atoms with Gasteiger partial charge in [-0.2, -0.15) is 0 Å². The Hall–Kier alpha value is -3.88. The second kappa shape index (κ2) is 7.99. The number of methoxy groups -OCH3 is 2. The third kappa shape index (κ3) is 3.35. The van der Waals surface area contributed by atoms with Crippen LogP contribution in [-0.2, 0) is 4.74 Å². The number of pyridine rings is 2. The molecule has 4 heterocycles. The lowest BCUT2D eigenvalue weighted by molar-refractivity contribution is 0.107. The van der Waals surface area contributed by atoms with Crippen molar-refractivity contribution < 1.29 is 14.3 Å². The predicted octanol–water partition coefficient (Wildman–Crippen LogP) is 3.35. The van der Waals surface area contributed by atoms with E-state index in [0.29, 0.717) is 37.3 Å². The molecule has 0 bridgehead atoms. The fraction of sp³-hybridized carbons (Fsp3) is 0.304. The molecule has 1 fully saturated rings. The van der Waals surface area contributed by atoms with Crippen molar-refractivity contribution in [2.75, 3.05) is 27.3 Å². The molecule has 4 aromatic rings. The molecule has 0 atom stereocenters. The number of aromatic amines is 1. The Morgan fingerprint density at radius 1 is 1.06 bits per heavy atom. The average Bonchev–Trinajstić information content (AvgIpc) is 3.19. The first-order valence-corrected chi connectivity index (χ1v) is 10.5. The van der Waals surface area contributed by atoms with Gasteiger partial charge >= 0.3 is 11.8 Å². The maximum Gasteiger partial charge on any atom is 0.409 e. The van der Waals surface area contributed by atoms with E-state index in [-0.39, 0.29) is 17.8 Å². The molecule has 3 aromatic heterocycles. The zero-order valence-corrected chi connectivity index (χ0v) is 17.9. The van der Waals surface area contributed by atoms with E-state index in [4.69, 9.17) is 9.47 Å². The van der Waals surface area contributed by atoms with E-state index in [1.54, 1.807) is 24.4 Å². The summed E-state index contributed by atoms with van der Waals surface area (Å²) in [5, 5.41) is 0.893. The van der Waals surface area contributed by atoms with Crippen molar-refractivity contribution in [2.45, 2.75) is 18.9 Å². The number of H-pyrrole nitrogens is 1. The fourth-order valence-corrected chi connectivity index (χ4v) is 4.44. The van der Waals surface area contributed by atoms with Crippen LogP contribution in [0.3, 0.4) is 0 Å². The number of benzene rings is 1. The molecule has 9 heteroatoms. The highest BCUT2D eigenvalue weighted by Crippen LogP contribution is 2.31. The van der Waals surface area contributed by atoms with Crippen molar-refractivity contribution in [3.8, 4) is 17.0 Å². The molecule has 9 nitrogen and oxygen atoms in total. The molecule has 1 aromatic carbocycles. The van der Waals surface area contributed by atoms with Crippen LogP contribution in [0.5, 0.6) is 5.88 Å². The third-order valence-electron chi connectivity index (χ3n) is 6.08. The molecule has 1 aliphatic heterocycles. The van der Waals surface area contributed by atoms with Gasteiger partial charge in [-0.05, 0) is 36.6 Å². The molecule has 1 N–H and O–H groups in total. The van der Waals surface area contributed by atoms with Gasteiger partial charge in [-0.15, -0.1) is 0 Å². The molecule has 164 valence electrons. The van der Waals surface area contributed by atoms with Gasteiger partial charge in [-0.1, -0.05) is 6.07 Å². The Morgan fingerprint density at radius 3 is 2.53 bits per heavy atom. The zero-order chi connectivity index (χ0) is 22.2. The highest BCUT2D eigenvalue weighted by Gasteiger charge is 2.27. The Kier molecular flexibility index (Phi) is 5.01. The average molecular weight is 433 g/mol. The zero-order valence-electron chi connectivity index (χ0n) is 17.9. The van der Waals surface area contributed by atoms with Crippen LogP contribution in [0.25, 0.3) is 33.1 Å². The Balaban J connectivity index is 1.59. The maximum absolute atomic E-state index is 12.9. The van der Waals surface area contributed by atoms with Crippen molar-refractivity contribution >= 4 is 28.0 Å². The number of carbonyl (C=O) groups is 1. The first kappa shape index (κ1) is 20.0. The number of nitrogens with zero attached hydrogens (tertiary/aromatic N) is 4. The monoisotopic (exact) mass is 433 g/mol. The van der Waals surface area contributed by atoms with Crippen molar-refractivity contribution in [1.82, 2.24) is 24.4 Å². The molecule has 1 aliphatic rings. The molecular formula is C23H23N5O4. The minimum atomic E-state index is -0.331. The first-order chi connectivity index (χ1) is 15.6. The number of aromatic nitrogens is 4. The van der Waals surface area contributed by atoms with E-state index < -0.39 is 0 Å². The van der Waals surface area contributed by atoms with Crippen molar-refractivity contribution in [1.29, 1.82) is 0 Å². The second-order valence-electron chi connectivity index (χ2n) is 7.83. The molecule has 0 saturated carbocycles. The summed E-state index contributed by atoms with van der Waals surface area (Å²) in [5.74, 6) is 0.552. The van der Waals surface area contributed by atoms with Gasteiger partial charge in [0.2, 0.25) is 5.88 Å². The topological polar surface area (TPSA) is 102 Å². The number of ether oxygens (including phenoxy) is 2. The van der Waals surface area contributed by atoms with Crippen LogP contribution in [0.4, 0.5) is 4.79 Å². The highest BCUT2D eigenvalue weighted by molar-refractivity contribution is 6.03. The van der Waals surface area contributed by atoms with Gasteiger partial charge in [0.05, 0.1) is 37.0 Å². The van der Waals surface area contributed by atoms with Crippen molar-refractivity contribution in [3.63, 3.8) is 0 Å². The Labute approximate surface area is 183 Å². The molecule has 0 unspecified atom stereocenters. The number of fused-ring (bicyclic) bond motifs is 3. The predicted molar refractivity (Wildman–Crippen MR) is 120 cm³/mol. The lowest BCUT2D eigenvalue weighted by Crippen LogP contribution is -2.40. The summed E-state index contributed by atoms with van der Waals surface area (Å²) in [6.45, 7) is 1.09. The molecule has 5 rings (SSSR count). The van der Waals surface area contributed by atoms with Gasteiger partial charge in [0.25, 0.3) is 0 Å². The van der Waals surface area contributed by atoms with Crippen LogP contribution in [0.15, 0.2) is 47.5 Å². The SMILES string of the molecule is COC(=O)N1CCC(n2c(=O)[nH]c3cnc4ccc(-c5ccc(OC)nc5)cc4c32)CC1. The van der Waals surface area contributed by atoms with Gasteiger partial charge < -0.3 is 19.4 Å². The molecule has 0 radical (unpaired) electrons. The van der Waals surface area contributed by atoms with Gasteiger partial charge in [-0.3, -0.25) is 9.55 Å². The van der Waals surface area contributed by atoms with Gasteiger partial charge in [0.1, 0.15) is 0 Å². The molecule has 32 heavy (non-hydrogen) atoms. The lowest BCUT2D eigenvalue weighted by atomic mass is 10.0. The normalized spacial score (nSPS) is 14.8. The first-order valence-electron chi connectivity index (χ1n) is 10.5. The standard InChI is InChI=1S/C23H23N5O4/c1-31-20-6-4-15(12-25-20)14-3-5-18-17(11-14)21-19(13-24-18)26-22(29)28(21)16-7-9-27(10-8-16)23(30)32-2/h3-6,11-13,16H,7-10H2,1-2H3,(H,26,29). The summed E-state index contributed by atoms with van der Waals surface area (Å²) in [5.41, 5.74) is 4.09. The molecule has 1 saturated heterocycles. The van der Waals surface area contributed by atoms with Gasteiger partial charge in [-0.25, -0.2) is 14.6 Å². The van der Waals surface area contributed by atoms with E-state index in [9.17, 15) is 9.59 Å². The summed E-state index contributed by atoms with van der Waals surface area (Å²) in [4.78, 5) is 38.2. The van der Waals surface area contributed by atoms with E-state index in [0.717, 1.165) is 27.5 Å². The number of hydrogen-bond donors (Lipinski definition) is 1. The molecule has 0 spiro atoms. The van der Waals surface area contributed by atoms with Gasteiger partial charge in [0, 0.05) is 42.3 Å². The van der Waals surface area contributed by atoms with Crippen molar-refractivity contribution in [2.24, 2.45) is 0 Å². The molecule has 1 amide bonds. The summed E-state index contributed by atoms with van der Waals surface area (Å²) in [6.07, 6.45) is 4.48. The number of carbonyl (C=O) groups excluding carboxylic acids is 1. The van der Waals surface area contributed by atoms with E-state index >= 15 is 0 Å². The fourth-order valence-electron chi connectivity index (χ4n) is 4.44. The van der Waals surface area contributed by atoms with Crippen LogP contribution >= 0.6 is 0 Å². The van der Waals surface area contributed by atoms with Crippen LogP contribution in [0, 0.1) is 0 Å². The summed E-state index contributed by atoms with van der Waals surface area (Å²) in [6, 6.07) is 9.74. The van der Waals surface area contributed by atoms with E-state index in [1.807, 2.05) is 34.9 Å². The van der Waals surface area contributed by atoms with E-state index in [1.165, 1.54) is 7.11 Å². The Bertz CT molecular complexity index is 1350. The summed E-state index contributed by atoms with van der Waals surface area (Å²) < 4.78 is 11.8. The lowest BCUT2D eigenvalue weighted by Gasteiger charge is -2.31. The van der Waals surface area contributed by atoms with Crippen molar-refractivity contribution in [3.05, 3.63) is 53.2 Å². The second-order valence-corrected chi connectivity index (χ2v) is 7.83. The van der Waals surface area contributed by atoms with Crippen LogP contribution in [0.1, 0.15) is 18.9 Å². The van der Waals surface area contributed by atoms with Crippen LogP contribution < -0.4 is 10.4 Å². The number of piperidine rings is 1. The molecule has 0 aliphatic carbocycles. The minimum Gasteiger partial charge on any atom is -0.481 e. The van der Waals surface area contributed by atoms with Crippen LogP contribution in [-0.4, -0.2) is 57.8 Å². The minimum absolute atomic E-state index is 0.0194.